The van der Waals surface area contributed by atoms with Crippen LogP contribution in [0.4, 0.5) is 0 Å². The Hall–Kier alpha value is -0.880. The molecule has 0 radical (unpaired) electrons. The molecule has 0 aliphatic carbocycles. The van der Waals surface area contributed by atoms with E-state index in [0.29, 0.717) is 12.1 Å². The molecule has 1 saturated heterocycles. The van der Waals surface area contributed by atoms with Gasteiger partial charge in [0.2, 0.25) is 0 Å². The van der Waals surface area contributed by atoms with Gasteiger partial charge >= 0.3 is 0 Å². The molecule has 1 aromatic rings. The third-order valence-corrected chi connectivity index (χ3v) is 2.81. The first-order chi connectivity index (χ1) is 7.81. The van der Waals surface area contributed by atoms with E-state index in [1.54, 1.807) is 18.3 Å². The number of halogens is 2. The van der Waals surface area contributed by atoms with Gasteiger partial charge in [-0.2, -0.15) is 0 Å². The normalized spacial score (nSPS) is 21.6. The summed E-state index contributed by atoms with van der Waals surface area (Å²) in [6.45, 7) is 1.54. The van der Waals surface area contributed by atoms with Crippen LogP contribution in [0.25, 0.3) is 0 Å². The topological polar surface area (TPSA) is 74.2 Å². The molecule has 1 fully saturated rings. The van der Waals surface area contributed by atoms with Crippen LogP contribution >= 0.6 is 24.8 Å². The molecular weight excluding hydrogens is 277 g/mol. The molecule has 2 atom stereocenters. The number of amides is 1. The Bertz CT molecular complexity index is 365. The minimum atomic E-state index is -0.139. The first-order valence-electron chi connectivity index (χ1n) is 5.33. The molecule has 1 amide bonds. The number of aliphatic hydroxyl groups excluding tert-OH is 1. The smallest absolute Gasteiger partial charge is 0.253 e. The number of hydrogen-bond acceptors (Lipinski definition) is 4. The predicted molar refractivity (Wildman–Crippen MR) is 73.4 cm³/mol. The number of hydrogen-bond donors (Lipinski definition) is 3. The van der Waals surface area contributed by atoms with Crippen LogP contribution in [0, 0.1) is 5.92 Å². The average molecular weight is 294 g/mol. The lowest BCUT2D eigenvalue weighted by Gasteiger charge is -2.17. The fourth-order valence-electron chi connectivity index (χ4n) is 1.84. The van der Waals surface area contributed by atoms with Crippen molar-refractivity contribution in [2.45, 2.75) is 6.04 Å². The van der Waals surface area contributed by atoms with Gasteiger partial charge < -0.3 is 15.7 Å². The Morgan fingerprint density at radius 1 is 1.50 bits per heavy atom. The Kier molecular flexibility index (Phi) is 7.86. The van der Waals surface area contributed by atoms with E-state index in [9.17, 15) is 4.79 Å². The van der Waals surface area contributed by atoms with Crippen molar-refractivity contribution in [2.24, 2.45) is 5.92 Å². The molecule has 1 aliphatic rings. The molecule has 0 saturated carbocycles. The van der Waals surface area contributed by atoms with E-state index in [1.807, 2.05) is 0 Å². The zero-order valence-electron chi connectivity index (χ0n) is 9.70. The van der Waals surface area contributed by atoms with Crippen molar-refractivity contribution >= 4 is 30.7 Å². The number of pyridine rings is 1. The zero-order chi connectivity index (χ0) is 11.4. The molecule has 2 heterocycles. The molecule has 0 spiro atoms. The summed E-state index contributed by atoms with van der Waals surface area (Å²) in [6.07, 6.45) is 3.16. The monoisotopic (exact) mass is 293 g/mol. The Morgan fingerprint density at radius 2 is 2.28 bits per heavy atom. The first-order valence-corrected chi connectivity index (χ1v) is 5.33. The second-order valence-corrected chi connectivity index (χ2v) is 3.92. The molecule has 18 heavy (non-hydrogen) atoms. The number of nitrogens with one attached hydrogen (secondary N) is 2. The van der Waals surface area contributed by atoms with Gasteiger partial charge in [0.1, 0.15) is 0 Å². The summed E-state index contributed by atoms with van der Waals surface area (Å²) in [6, 6.07) is 3.45. The van der Waals surface area contributed by atoms with E-state index < -0.39 is 0 Å². The van der Waals surface area contributed by atoms with Crippen LogP contribution in [0.15, 0.2) is 24.5 Å². The van der Waals surface area contributed by atoms with Crippen LogP contribution in [0.3, 0.4) is 0 Å². The quantitative estimate of drug-likeness (QED) is 0.746. The number of carbonyl (C=O) groups is 1. The van der Waals surface area contributed by atoms with Crippen molar-refractivity contribution in [1.82, 2.24) is 15.6 Å². The predicted octanol–water partition coefficient (Wildman–Crippen LogP) is 0.235. The lowest BCUT2D eigenvalue weighted by atomic mass is 10.0. The summed E-state index contributed by atoms with van der Waals surface area (Å²) >= 11 is 0. The molecule has 1 aliphatic heterocycles. The van der Waals surface area contributed by atoms with Crippen LogP contribution in [0.1, 0.15) is 10.4 Å². The summed E-state index contributed by atoms with van der Waals surface area (Å²) in [5.74, 6) is -0.0409. The maximum atomic E-state index is 11.8. The van der Waals surface area contributed by atoms with Crippen molar-refractivity contribution in [3.05, 3.63) is 30.1 Å². The third-order valence-electron chi connectivity index (χ3n) is 2.81. The molecule has 7 heteroatoms. The van der Waals surface area contributed by atoms with E-state index in [4.69, 9.17) is 5.11 Å². The van der Waals surface area contributed by atoms with Crippen LogP contribution < -0.4 is 10.6 Å². The van der Waals surface area contributed by atoms with Gasteiger partial charge in [0.25, 0.3) is 5.91 Å². The van der Waals surface area contributed by atoms with Crippen molar-refractivity contribution in [1.29, 1.82) is 0 Å². The summed E-state index contributed by atoms with van der Waals surface area (Å²) in [5, 5.41) is 15.2. The van der Waals surface area contributed by atoms with Crippen molar-refractivity contribution < 1.29 is 9.90 Å². The van der Waals surface area contributed by atoms with Crippen molar-refractivity contribution in [3.63, 3.8) is 0 Å². The molecule has 102 valence electrons. The van der Waals surface area contributed by atoms with E-state index in [1.165, 1.54) is 6.20 Å². The maximum absolute atomic E-state index is 11.8. The summed E-state index contributed by atoms with van der Waals surface area (Å²) < 4.78 is 0. The Morgan fingerprint density at radius 3 is 2.89 bits per heavy atom. The fourth-order valence-corrected chi connectivity index (χ4v) is 1.84. The van der Waals surface area contributed by atoms with Gasteiger partial charge in [-0.1, -0.05) is 0 Å². The molecule has 5 nitrogen and oxygen atoms in total. The SMILES string of the molecule is Cl.Cl.O=C(N[C@@H]1CNC[C@H]1CO)c1cccnc1. The maximum Gasteiger partial charge on any atom is 0.253 e. The lowest BCUT2D eigenvalue weighted by Crippen LogP contribution is -2.41. The minimum Gasteiger partial charge on any atom is -0.396 e. The zero-order valence-corrected chi connectivity index (χ0v) is 11.3. The molecule has 0 bridgehead atoms. The van der Waals surface area contributed by atoms with E-state index in [-0.39, 0.29) is 49.3 Å². The fraction of sp³-hybridized carbons (Fsp3) is 0.455. The summed E-state index contributed by atoms with van der Waals surface area (Å²) in [5.41, 5.74) is 0.547. The third kappa shape index (κ3) is 4.10. The van der Waals surface area contributed by atoms with Gasteiger partial charge in [0.15, 0.2) is 0 Å². The largest absolute Gasteiger partial charge is 0.396 e. The van der Waals surface area contributed by atoms with Gasteiger partial charge in [-0.25, -0.2) is 0 Å². The van der Waals surface area contributed by atoms with Crippen molar-refractivity contribution in [2.75, 3.05) is 19.7 Å². The molecule has 3 N–H and O–H groups in total. The number of aromatic nitrogens is 1. The minimum absolute atomic E-state index is 0. The second kappa shape index (κ2) is 8.26. The van der Waals surface area contributed by atoms with Crippen molar-refractivity contribution in [3.8, 4) is 0 Å². The van der Waals surface area contributed by atoms with Crippen LogP contribution in [-0.2, 0) is 0 Å². The second-order valence-electron chi connectivity index (χ2n) is 3.92. The number of nitrogens with zero attached hydrogens (tertiary/aromatic N) is 1. The van der Waals surface area contributed by atoms with E-state index in [2.05, 4.69) is 15.6 Å². The highest BCUT2D eigenvalue weighted by Gasteiger charge is 2.27. The summed E-state index contributed by atoms with van der Waals surface area (Å²) in [4.78, 5) is 15.7. The average Bonchev–Trinajstić information content (AvgIpc) is 2.77. The Labute approximate surface area is 118 Å². The first kappa shape index (κ1) is 17.1. The van der Waals surface area contributed by atoms with Gasteiger partial charge in [0, 0.05) is 44.0 Å². The van der Waals surface area contributed by atoms with Crippen LogP contribution in [-0.4, -0.2) is 41.7 Å². The van der Waals surface area contributed by atoms with Gasteiger partial charge in [-0.15, -0.1) is 24.8 Å². The molecule has 0 aromatic carbocycles. The highest BCUT2D eigenvalue weighted by Crippen LogP contribution is 2.08. The van der Waals surface area contributed by atoms with Crippen LogP contribution in [0.2, 0.25) is 0 Å². The van der Waals surface area contributed by atoms with Gasteiger partial charge in [0.05, 0.1) is 5.56 Å². The van der Waals surface area contributed by atoms with Crippen LogP contribution in [0.5, 0.6) is 0 Å². The molecule has 1 aromatic heterocycles. The van der Waals surface area contributed by atoms with Gasteiger partial charge in [-0.05, 0) is 12.1 Å². The number of aliphatic hydroxyl groups is 1. The Balaban J connectivity index is 0.00000144. The lowest BCUT2D eigenvalue weighted by molar-refractivity contribution is 0.0921. The summed E-state index contributed by atoms with van der Waals surface area (Å²) in [7, 11) is 0. The number of rotatable bonds is 3. The molecule has 2 rings (SSSR count). The van der Waals surface area contributed by atoms with E-state index in [0.717, 1.165) is 6.54 Å². The standard InChI is InChI=1S/C11H15N3O2.2ClH/c15-7-9-5-13-6-10(9)14-11(16)8-2-1-3-12-4-8;;/h1-4,9-10,13,15H,5-7H2,(H,14,16);2*1H/t9-,10+;;/m0../s1. The van der Waals surface area contributed by atoms with Gasteiger partial charge in [-0.3, -0.25) is 9.78 Å². The number of carbonyl (C=O) groups excluding carboxylic acids is 1. The molecular formula is C11H17Cl2N3O2. The highest BCUT2D eigenvalue weighted by atomic mass is 35.5. The highest BCUT2D eigenvalue weighted by molar-refractivity contribution is 5.94. The van der Waals surface area contributed by atoms with E-state index >= 15 is 0 Å². The molecule has 0 unspecified atom stereocenters.